The van der Waals surface area contributed by atoms with E-state index in [1.807, 2.05) is 0 Å². The number of hydrogen-bond donors (Lipinski definition) is 3. The van der Waals surface area contributed by atoms with Crippen LogP contribution in [-0.2, 0) is 14.3 Å². The van der Waals surface area contributed by atoms with Crippen LogP contribution in [-0.4, -0.2) is 47.4 Å². The minimum absolute atomic E-state index is 0.0111. The van der Waals surface area contributed by atoms with Crippen molar-refractivity contribution in [2.75, 3.05) is 13.2 Å². The molecule has 2 atom stereocenters. The Morgan fingerprint density at radius 1 is 0.458 bits per heavy atom. The summed E-state index contributed by atoms with van der Waals surface area (Å²) in [6, 6.07) is -0.552. The Bertz CT molecular complexity index is 920. The van der Waals surface area contributed by atoms with Gasteiger partial charge in [-0.3, -0.25) is 9.59 Å². The Hall–Kier alpha value is -1.66. The third-order valence-corrected chi connectivity index (χ3v) is 12.0. The number of esters is 1. The molecule has 0 fully saturated rings. The monoisotopic (exact) mass is 832 g/mol. The smallest absolute Gasteiger partial charge is 0.305 e. The summed E-state index contributed by atoms with van der Waals surface area (Å²) in [5.74, 6) is -0.0647. The molecule has 0 spiro atoms. The van der Waals surface area contributed by atoms with Crippen molar-refractivity contribution in [3.63, 3.8) is 0 Å². The molecule has 0 aliphatic carbocycles. The predicted octanol–water partition coefficient (Wildman–Crippen LogP) is 15.5. The maximum atomic E-state index is 12.4. The van der Waals surface area contributed by atoms with Gasteiger partial charge in [-0.25, -0.2) is 0 Å². The zero-order valence-corrected chi connectivity index (χ0v) is 39.5. The fourth-order valence-corrected chi connectivity index (χ4v) is 7.92. The highest BCUT2D eigenvalue weighted by Crippen LogP contribution is 2.15. The van der Waals surface area contributed by atoms with Crippen molar-refractivity contribution in [2.45, 2.75) is 289 Å². The molecule has 59 heavy (non-hydrogen) atoms. The van der Waals surface area contributed by atoms with E-state index in [0.29, 0.717) is 25.9 Å². The Kier molecular flexibility index (Phi) is 47.6. The molecule has 0 radical (unpaired) electrons. The van der Waals surface area contributed by atoms with Crippen LogP contribution in [0.4, 0.5) is 0 Å². The lowest BCUT2D eigenvalue weighted by Crippen LogP contribution is -2.45. The summed E-state index contributed by atoms with van der Waals surface area (Å²) in [4.78, 5) is 24.4. The average molecular weight is 832 g/mol. The van der Waals surface area contributed by atoms with Crippen LogP contribution in [0, 0.1) is 0 Å². The van der Waals surface area contributed by atoms with E-state index >= 15 is 0 Å². The van der Waals surface area contributed by atoms with Crippen LogP contribution in [0.1, 0.15) is 277 Å². The molecule has 1 amide bonds. The van der Waals surface area contributed by atoms with Gasteiger partial charge in [-0.1, -0.05) is 212 Å². The van der Waals surface area contributed by atoms with Gasteiger partial charge in [0.05, 0.1) is 25.4 Å². The molecule has 0 aromatic rings. The molecule has 6 nitrogen and oxygen atoms in total. The molecule has 348 valence electrons. The normalized spacial score (nSPS) is 12.8. The first-order chi connectivity index (χ1) is 29.0. The lowest BCUT2D eigenvalue weighted by Gasteiger charge is -2.22. The van der Waals surface area contributed by atoms with Gasteiger partial charge in [0.15, 0.2) is 0 Å². The Morgan fingerprint density at radius 3 is 1.20 bits per heavy atom. The summed E-state index contributed by atoms with van der Waals surface area (Å²) in [6.07, 6.45) is 57.2. The summed E-state index contributed by atoms with van der Waals surface area (Å²) in [5.41, 5.74) is 0. The van der Waals surface area contributed by atoms with Crippen LogP contribution in [0.15, 0.2) is 24.3 Å². The van der Waals surface area contributed by atoms with Crippen LogP contribution in [0.3, 0.4) is 0 Å². The van der Waals surface area contributed by atoms with Crippen molar-refractivity contribution in [2.24, 2.45) is 0 Å². The van der Waals surface area contributed by atoms with E-state index in [1.54, 1.807) is 0 Å². The molecule has 0 heterocycles. The molecule has 6 heteroatoms. The highest BCUT2D eigenvalue weighted by atomic mass is 16.5. The Balaban J connectivity index is 3.46. The third-order valence-electron chi connectivity index (χ3n) is 12.0. The molecular formula is C53H101NO5. The maximum absolute atomic E-state index is 12.4. The number of nitrogens with one attached hydrogen (secondary N) is 1. The van der Waals surface area contributed by atoms with Crippen LogP contribution in [0.25, 0.3) is 0 Å². The SMILES string of the molecule is CCCCCCCC/C=C\CCCCCCCC(=O)OCCCCCCCCC/C=C\CCCCCCCC(=O)NC(CO)C(O)CCCCCCCCCCCCC. The molecule has 0 aliphatic heterocycles. The van der Waals surface area contributed by atoms with Crippen LogP contribution < -0.4 is 5.32 Å². The lowest BCUT2D eigenvalue weighted by molar-refractivity contribution is -0.143. The molecule has 0 rings (SSSR count). The van der Waals surface area contributed by atoms with Crippen LogP contribution in [0.2, 0.25) is 0 Å². The number of aliphatic hydroxyl groups is 2. The molecule has 0 aromatic carbocycles. The zero-order valence-electron chi connectivity index (χ0n) is 39.5. The Morgan fingerprint density at radius 2 is 0.797 bits per heavy atom. The van der Waals surface area contributed by atoms with Gasteiger partial charge in [0, 0.05) is 12.8 Å². The van der Waals surface area contributed by atoms with Crippen molar-refractivity contribution in [1.29, 1.82) is 0 Å². The topological polar surface area (TPSA) is 95.9 Å². The first kappa shape index (κ1) is 57.3. The number of carbonyl (C=O) groups excluding carboxylic acids is 2. The van der Waals surface area contributed by atoms with Crippen LogP contribution >= 0.6 is 0 Å². The summed E-state index contributed by atoms with van der Waals surface area (Å²) in [5, 5.41) is 23.1. The summed E-state index contributed by atoms with van der Waals surface area (Å²) < 4.78 is 5.46. The standard InChI is InChI=1S/C53H101NO5/c1-3-5-7-9-11-13-15-16-19-23-27-31-35-39-43-47-53(58)59-48-44-40-36-32-28-24-21-18-17-20-22-26-30-34-38-42-46-52(57)54-50(49-55)51(56)45-41-37-33-29-25-14-12-10-8-6-4-2/h16-17,19-20,50-51,55-56H,3-15,18,21-49H2,1-2H3,(H,54,57)/b19-16-,20-17-. The average Bonchev–Trinajstić information content (AvgIpc) is 3.24. The van der Waals surface area contributed by atoms with Gasteiger partial charge in [0.25, 0.3) is 0 Å². The summed E-state index contributed by atoms with van der Waals surface area (Å²) in [6.45, 7) is 4.91. The minimum Gasteiger partial charge on any atom is -0.466 e. The molecule has 0 aliphatic rings. The van der Waals surface area contributed by atoms with E-state index < -0.39 is 12.1 Å². The minimum atomic E-state index is -0.673. The van der Waals surface area contributed by atoms with Gasteiger partial charge in [-0.15, -0.1) is 0 Å². The first-order valence-corrected chi connectivity index (χ1v) is 26.1. The number of ether oxygens (including phenoxy) is 1. The lowest BCUT2D eigenvalue weighted by atomic mass is 10.0. The molecule has 0 saturated heterocycles. The maximum Gasteiger partial charge on any atom is 0.305 e. The first-order valence-electron chi connectivity index (χ1n) is 26.1. The second-order valence-corrected chi connectivity index (χ2v) is 17.8. The highest BCUT2D eigenvalue weighted by Gasteiger charge is 2.20. The zero-order chi connectivity index (χ0) is 43.0. The van der Waals surface area contributed by atoms with Gasteiger partial charge in [-0.2, -0.15) is 0 Å². The Labute approximate surface area is 367 Å². The third kappa shape index (κ3) is 45.7. The number of allylic oxidation sites excluding steroid dienone is 4. The van der Waals surface area contributed by atoms with Crippen molar-refractivity contribution < 1.29 is 24.5 Å². The fraction of sp³-hybridized carbons (Fsp3) is 0.887. The highest BCUT2D eigenvalue weighted by molar-refractivity contribution is 5.76. The number of aliphatic hydroxyl groups excluding tert-OH is 2. The fourth-order valence-electron chi connectivity index (χ4n) is 7.92. The molecule has 3 N–H and O–H groups in total. The summed E-state index contributed by atoms with van der Waals surface area (Å²) in [7, 11) is 0. The van der Waals surface area contributed by atoms with Crippen molar-refractivity contribution in [3.8, 4) is 0 Å². The van der Waals surface area contributed by atoms with Gasteiger partial charge in [0.1, 0.15) is 0 Å². The second kappa shape index (κ2) is 49.0. The van der Waals surface area contributed by atoms with Crippen LogP contribution in [0.5, 0.6) is 0 Å². The van der Waals surface area contributed by atoms with E-state index in [2.05, 4.69) is 43.5 Å². The van der Waals surface area contributed by atoms with E-state index in [9.17, 15) is 19.8 Å². The largest absolute Gasteiger partial charge is 0.466 e. The summed E-state index contributed by atoms with van der Waals surface area (Å²) >= 11 is 0. The second-order valence-electron chi connectivity index (χ2n) is 17.8. The van der Waals surface area contributed by atoms with Gasteiger partial charge in [0.2, 0.25) is 5.91 Å². The van der Waals surface area contributed by atoms with Crippen molar-refractivity contribution >= 4 is 11.9 Å². The molecular weight excluding hydrogens is 731 g/mol. The van der Waals surface area contributed by atoms with Gasteiger partial charge >= 0.3 is 5.97 Å². The predicted molar refractivity (Wildman–Crippen MR) is 255 cm³/mol. The van der Waals surface area contributed by atoms with Gasteiger partial charge in [-0.05, 0) is 77.0 Å². The van der Waals surface area contributed by atoms with E-state index in [1.165, 1.54) is 180 Å². The van der Waals surface area contributed by atoms with Crippen molar-refractivity contribution in [3.05, 3.63) is 24.3 Å². The van der Waals surface area contributed by atoms with E-state index in [-0.39, 0.29) is 18.5 Å². The molecule has 0 saturated carbocycles. The number of carbonyl (C=O) groups is 2. The quantitative estimate of drug-likeness (QED) is 0.0322. The number of rotatable bonds is 48. The van der Waals surface area contributed by atoms with Gasteiger partial charge < -0.3 is 20.3 Å². The number of hydrogen-bond acceptors (Lipinski definition) is 5. The number of unbranched alkanes of at least 4 members (excludes halogenated alkanes) is 33. The van der Waals surface area contributed by atoms with E-state index in [0.717, 1.165) is 64.2 Å². The van der Waals surface area contributed by atoms with Crippen molar-refractivity contribution in [1.82, 2.24) is 5.32 Å². The van der Waals surface area contributed by atoms with E-state index in [4.69, 9.17) is 4.74 Å². The number of amides is 1. The molecule has 2 unspecified atom stereocenters. The molecule has 0 bridgehead atoms. The molecule has 0 aromatic heterocycles.